The van der Waals surface area contributed by atoms with E-state index in [1.54, 1.807) is 0 Å². The Morgan fingerprint density at radius 3 is 2.38 bits per heavy atom. The third kappa shape index (κ3) is 3.73. The smallest absolute Gasteiger partial charge is 0.328 e. The molecule has 1 amide bonds. The molecule has 0 aromatic heterocycles. The van der Waals surface area contributed by atoms with Gasteiger partial charge in [0.2, 0.25) is 5.91 Å². The van der Waals surface area contributed by atoms with Crippen LogP contribution in [0.4, 0.5) is 0 Å². The molecule has 1 rings (SSSR count). The molecule has 4 heteroatoms. The van der Waals surface area contributed by atoms with Crippen LogP contribution < -0.4 is 5.32 Å². The average molecular weight is 183 g/mol. The summed E-state index contributed by atoms with van der Waals surface area (Å²) >= 11 is 0. The van der Waals surface area contributed by atoms with Crippen LogP contribution in [0.5, 0.6) is 0 Å². The van der Waals surface area contributed by atoms with E-state index in [0.717, 1.165) is 37.8 Å². The van der Waals surface area contributed by atoms with Gasteiger partial charge in [-0.2, -0.15) is 0 Å². The Labute approximate surface area is 76.6 Å². The molecular formula is C9H13NO3. The number of hydrogen-bond acceptors (Lipinski definition) is 2. The van der Waals surface area contributed by atoms with Crippen LogP contribution in [0.15, 0.2) is 12.2 Å². The number of hydrogen-bond donors (Lipinski definition) is 2. The van der Waals surface area contributed by atoms with Gasteiger partial charge < -0.3 is 10.4 Å². The largest absolute Gasteiger partial charge is 0.478 e. The number of carbonyl (C=O) groups is 2. The fourth-order valence-corrected chi connectivity index (χ4v) is 1.47. The zero-order valence-corrected chi connectivity index (χ0v) is 7.32. The number of rotatable bonds is 3. The Balaban J connectivity index is 2.28. The van der Waals surface area contributed by atoms with Crippen LogP contribution in [0, 0.1) is 0 Å². The molecule has 72 valence electrons. The number of carboxylic acid groups (broad SMARTS) is 1. The van der Waals surface area contributed by atoms with Gasteiger partial charge in [-0.25, -0.2) is 4.79 Å². The van der Waals surface area contributed by atoms with Crippen molar-refractivity contribution < 1.29 is 14.7 Å². The first kappa shape index (κ1) is 9.77. The summed E-state index contributed by atoms with van der Waals surface area (Å²) in [5.41, 5.74) is 0. The maximum atomic E-state index is 11.0. The van der Waals surface area contributed by atoms with Gasteiger partial charge in [-0.3, -0.25) is 4.79 Å². The molecule has 0 saturated heterocycles. The zero-order chi connectivity index (χ0) is 9.68. The molecule has 2 N–H and O–H groups in total. The topological polar surface area (TPSA) is 66.4 Å². The van der Waals surface area contributed by atoms with Crippen LogP contribution in [-0.2, 0) is 9.59 Å². The number of carbonyl (C=O) groups excluding carboxylic acids is 1. The van der Waals surface area contributed by atoms with Gasteiger partial charge in [0.05, 0.1) is 0 Å². The fourth-order valence-electron chi connectivity index (χ4n) is 1.47. The average Bonchev–Trinajstić information content (AvgIpc) is 2.53. The van der Waals surface area contributed by atoms with Crippen LogP contribution >= 0.6 is 0 Å². The minimum Gasteiger partial charge on any atom is -0.478 e. The first-order chi connectivity index (χ1) is 6.18. The molecule has 0 spiro atoms. The van der Waals surface area contributed by atoms with E-state index in [1.807, 2.05) is 0 Å². The van der Waals surface area contributed by atoms with Gasteiger partial charge in [0.15, 0.2) is 0 Å². The van der Waals surface area contributed by atoms with E-state index >= 15 is 0 Å². The minimum atomic E-state index is -1.10. The summed E-state index contributed by atoms with van der Waals surface area (Å²) < 4.78 is 0. The quantitative estimate of drug-likeness (QED) is 0.632. The van der Waals surface area contributed by atoms with Gasteiger partial charge in [0, 0.05) is 18.2 Å². The summed E-state index contributed by atoms with van der Waals surface area (Å²) in [6, 6.07) is 0.242. The Morgan fingerprint density at radius 1 is 1.23 bits per heavy atom. The predicted molar refractivity (Wildman–Crippen MR) is 47.2 cm³/mol. The van der Waals surface area contributed by atoms with Crippen molar-refractivity contribution in [3.8, 4) is 0 Å². The molecule has 4 nitrogen and oxygen atoms in total. The first-order valence-corrected chi connectivity index (χ1v) is 4.40. The van der Waals surface area contributed by atoms with Gasteiger partial charge in [-0.15, -0.1) is 0 Å². The lowest BCUT2D eigenvalue weighted by molar-refractivity contribution is -0.131. The summed E-state index contributed by atoms with van der Waals surface area (Å²) in [5, 5.41) is 11.0. The van der Waals surface area contributed by atoms with Gasteiger partial charge in [-0.1, -0.05) is 12.8 Å². The molecule has 0 radical (unpaired) electrons. The number of nitrogens with one attached hydrogen (secondary N) is 1. The lowest BCUT2D eigenvalue weighted by Crippen LogP contribution is -2.31. The van der Waals surface area contributed by atoms with E-state index in [0.29, 0.717) is 0 Å². The number of carboxylic acids is 1. The molecule has 0 bridgehead atoms. The van der Waals surface area contributed by atoms with E-state index in [2.05, 4.69) is 5.32 Å². The van der Waals surface area contributed by atoms with E-state index in [-0.39, 0.29) is 11.9 Å². The standard InChI is InChI=1S/C9H13NO3/c11-8(5-6-9(12)13)10-7-3-1-2-4-7/h5-7H,1-4H2,(H,10,11)(H,12,13)/b6-5-. The van der Waals surface area contributed by atoms with Crippen molar-refractivity contribution in [3.63, 3.8) is 0 Å². The van der Waals surface area contributed by atoms with Gasteiger partial charge in [0.1, 0.15) is 0 Å². The second-order valence-electron chi connectivity index (χ2n) is 3.16. The SMILES string of the molecule is O=C(O)/C=C\C(=O)NC1CCCC1. The third-order valence-electron chi connectivity index (χ3n) is 2.08. The first-order valence-electron chi connectivity index (χ1n) is 4.40. The lowest BCUT2D eigenvalue weighted by atomic mass is 10.2. The van der Waals surface area contributed by atoms with Crippen LogP contribution in [0.1, 0.15) is 25.7 Å². The summed E-state index contributed by atoms with van der Waals surface area (Å²) in [7, 11) is 0. The highest BCUT2D eigenvalue weighted by Crippen LogP contribution is 2.17. The van der Waals surface area contributed by atoms with E-state index in [1.165, 1.54) is 0 Å². The van der Waals surface area contributed by atoms with Crippen LogP contribution in [0.2, 0.25) is 0 Å². The van der Waals surface area contributed by atoms with E-state index < -0.39 is 5.97 Å². The highest BCUT2D eigenvalue weighted by Gasteiger charge is 2.15. The molecule has 0 unspecified atom stereocenters. The predicted octanol–water partition coefficient (Wildman–Crippen LogP) is 0.686. The molecule has 0 atom stereocenters. The Bertz CT molecular complexity index is 229. The molecule has 1 saturated carbocycles. The molecule has 13 heavy (non-hydrogen) atoms. The Morgan fingerprint density at radius 2 is 1.85 bits per heavy atom. The summed E-state index contributed by atoms with van der Waals surface area (Å²) in [4.78, 5) is 21.1. The minimum absolute atomic E-state index is 0.242. The Hall–Kier alpha value is -1.32. The lowest BCUT2D eigenvalue weighted by Gasteiger charge is -2.08. The molecule has 1 fully saturated rings. The molecule has 0 heterocycles. The molecule has 1 aliphatic carbocycles. The molecule has 0 aliphatic heterocycles. The van der Waals surface area contributed by atoms with Crippen LogP contribution in [0.3, 0.4) is 0 Å². The summed E-state index contributed by atoms with van der Waals surface area (Å²) in [6.07, 6.45) is 6.21. The van der Waals surface area contributed by atoms with Gasteiger partial charge in [0.25, 0.3) is 0 Å². The van der Waals surface area contributed by atoms with Crippen molar-refractivity contribution in [2.24, 2.45) is 0 Å². The maximum absolute atomic E-state index is 11.0. The van der Waals surface area contributed by atoms with Crippen molar-refractivity contribution in [2.75, 3.05) is 0 Å². The normalized spacial score (nSPS) is 17.8. The second kappa shape index (κ2) is 4.64. The zero-order valence-electron chi connectivity index (χ0n) is 7.32. The highest BCUT2D eigenvalue weighted by molar-refractivity contribution is 5.93. The van der Waals surface area contributed by atoms with Crippen molar-refractivity contribution >= 4 is 11.9 Å². The van der Waals surface area contributed by atoms with E-state index in [4.69, 9.17) is 5.11 Å². The molecule has 0 aromatic rings. The molecule has 0 aromatic carbocycles. The molecule has 1 aliphatic rings. The van der Waals surface area contributed by atoms with Gasteiger partial charge >= 0.3 is 5.97 Å². The van der Waals surface area contributed by atoms with Crippen molar-refractivity contribution in [2.45, 2.75) is 31.7 Å². The highest BCUT2D eigenvalue weighted by atomic mass is 16.4. The van der Waals surface area contributed by atoms with E-state index in [9.17, 15) is 9.59 Å². The summed E-state index contributed by atoms with van der Waals surface area (Å²) in [5.74, 6) is -1.41. The third-order valence-corrected chi connectivity index (χ3v) is 2.08. The number of aliphatic carboxylic acids is 1. The monoisotopic (exact) mass is 183 g/mol. The fraction of sp³-hybridized carbons (Fsp3) is 0.556. The van der Waals surface area contributed by atoms with Crippen molar-refractivity contribution in [1.82, 2.24) is 5.32 Å². The summed E-state index contributed by atoms with van der Waals surface area (Å²) in [6.45, 7) is 0. The van der Waals surface area contributed by atoms with Crippen LogP contribution in [-0.4, -0.2) is 23.0 Å². The maximum Gasteiger partial charge on any atom is 0.328 e. The number of amides is 1. The van der Waals surface area contributed by atoms with Gasteiger partial charge in [-0.05, 0) is 12.8 Å². The van der Waals surface area contributed by atoms with Crippen LogP contribution in [0.25, 0.3) is 0 Å². The van der Waals surface area contributed by atoms with Crippen molar-refractivity contribution in [1.29, 1.82) is 0 Å². The second-order valence-corrected chi connectivity index (χ2v) is 3.16. The van der Waals surface area contributed by atoms with Crippen molar-refractivity contribution in [3.05, 3.63) is 12.2 Å². The molecular weight excluding hydrogens is 170 g/mol. The Kier molecular flexibility index (Phi) is 3.49.